The molecule has 0 aliphatic heterocycles. The van der Waals surface area contributed by atoms with Gasteiger partial charge in [-0.3, -0.25) is 4.79 Å². The molecule has 3 aromatic carbocycles. The fourth-order valence-electron chi connectivity index (χ4n) is 4.52. The molecular formula is C30H34ClN3O3. The van der Waals surface area contributed by atoms with Crippen molar-refractivity contribution in [2.24, 2.45) is 0 Å². The molecule has 1 amide bonds. The van der Waals surface area contributed by atoms with Gasteiger partial charge in [-0.2, -0.15) is 0 Å². The Bertz CT molecular complexity index is 1340. The van der Waals surface area contributed by atoms with Gasteiger partial charge in [0.2, 0.25) is 0 Å². The number of benzene rings is 3. The normalized spacial score (nSPS) is 11.0. The molecule has 1 heterocycles. The number of carbonyl (C=O) groups excluding carboxylic acids is 1. The molecule has 0 saturated heterocycles. The molecule has 0 spiro atoms. The molecular weight excluding hydrogens is 486 g/mol. The molecule has 6 nitrogen and oxygen atoms in total. The van der Waals surface area contributed by atoms with Gasteiger partial charge in [0.1, 0.15) is 23.9 Å². The van der Waals surface area contributed by atoms with Crippen LogP contribution in [0.5, 0.6) is 11.5 Å². The monoisotopic (exact) mass is 519 g/mol. The summed E-state index contributed by atoms with van der Waals surface area (Å²) in [6.45, 7) is 5.87. The SMILES string of the molecule is COc1ccccc1C(=O)NCCCCCc1nc2ccccc2n1CCOc1cc(C)c(Cl)c(C)c1. The number of rotatable bonds is 12. The summed E-state index contributed by atoms with van der Waals surface area (Å²) in [4.78, 5) is 17.3. The number of ether oxygens (including phenoxy) is 2. The van der Waals surface area contributed by atoms with E-state index in [1.165, 1.54) is 0 Å². The number of unbranched alkanes of at least 4 members (excludes halogenated alkanes) is 2. The van der Waals surface area contributed by atoms with Crippen molar-refractivity contribution in [2.45, 2.75) is 46.1 Å². The average Bonchev–Trinajstić information content (AvgIpc) is 3.26. The lowest BCUT2D eigenvalue weighted by Gasteiger charge is -2.13. The number of methoxy groups -OCH3 is 1. The summed E-state index contributed by atoms with van der Waals surface area (Å²) < 4.78 is 13.6. The summed E-state index contributed by atoms with van der Waals surface area (Å²) in [6, 6.07) is 19.4. The highest BCUT2D eigenvalue weighted by Crippen LogP contribution is 2.26. The van der Waals surface area contributed by atoms with E-state index in [-0.39, 0.29) is 5.91 Å². The zero-order valence-corrected chi connectivity index (χ0v) is 22.5. The van der Waals surface area contributed by atoms with Crippen LogP contribution in [0.2, 0.25) is 5.02 Å². The maximum Gasteiger partial charge on any atom is 0.255 e. The van der Waals surface area contributed by atoms with Gasteiger partial charge in [0, 0.05) is 18.0 Å². The number of halogens is 1. The van der Waals surface area contributed by atoms with Crippen molar-refractivity contribution < 1.29 is 14.3 Å². The van der Waals surface area contributed by atoms with E-state index < -0.39 is 0 Å². The highest BCUT2D eigenvalue weighted by molar-refractivity contribution is 6.32. The van der Waals surface area contributed by atoms with E-state index in [9.17, 15) is 4.79 Å². The predicted molar refractivity (Wildman–Crippen MR) is 149 cm³/mol. The van der Waals surface area contributed by atoms with Crippen molar-refractivity contribution in [2.75, 3.05) is 20.3 Å². The number of hydrogen-bond acceptors (Lipinski definition) is 4. The smallest absolute Gasteiger partial charge is 0.255 e. The first kappa shape index (κ1) is 26.6. The van der Waals surface area contributed by atoms with Crippen LogP contribution in [0.4, 0.5) is 0 Å². The van der Waals surface area contributed by atoms with Gasteiger partial charge in [-0.1, -0.05) is 42.3 Å². The van der Waals surface area contributed by atoms with E-state index in [0.717, 1.165) is 64.4 Å². The molecule has 0 aliphatic carbocycles. The molecule has 194 valence electrons. The van der Waals surface area contributed by atoms with E-state index in [1.54, 1.807) is 19.2 Å². The van der Waals surface area contributed by atoms with Crippen molar-refractivity contribution in [1.29, 1.82) is 0 Å². The first-order valence-corrected chi connectivity index (χ1v) is 13.1. The molecule has 37 heavy (non-hydrogen) atoms. The van der Waals surface area contributed by atoms with Crippen LogP contribution >= 0.6 is 11.6 Å². The molecule has 0 saturated carbocycles. The minimum absolute atomic E-state index is 0.106. The van der Waals surface area contributed by atoms with Crippen LogP contribution in [0.15, 0.2) is 60.7 Å². The lowest BCUT2D eigenvalue weighted by atomic mass is 10.1. The Hall–Kier alpha value is -3.51. The van der Waals surface area contributed by atoms with Crippen LogP contribution in [0.3, 0.4) is 0 Å². The fraction of sp³-hybridized carbons (Fsp3) is 0.333. The van der Waals surface area contributed by atoms with Crippen molar-refractivity contribution in [1.82, 2.24) is 14.9 Å². The van der Waals surface area contributed by atoms with Crippen LogP contribution in [-0.2, 0) is 13.0 Å². The fourth-order valence-corrected chi connectivity index (χ4v) is 4.63. The van der Waals surface area contributed by atoms with Gasteiger partial charge < -0.3 is 19.4 Å². The van der Waals surface area contributed by atoms with E-state index in [4.69, 9.17) is 26.1 Å². The van der Waals surface area contributed by atoms with E-state index in [1.807, 2.05) is 50.2 Å². The van der Waals surface area contributed by atoms with Crippen molar-refractivity contribution in [3.63, 3.8) is 0 Å². The average molecular weight is 520 g/mol. The molecule has 0 fully saturated rings. The molecule has 0 atom stereocenters. The van der Waals surface area contributed by atoms with Gasteiger partial charge in [0.05, 0.1) is 30.3 Å². The van der Waals surface area contributed by atoms with Crippen molar-refractivity contribution >= 4 is 28.5 Å². The van der Waals surface area contributed by atoms with Gasteiger partial charge in [0.25, 0.3) is 5.91 Å². The van der Waals surface area contributed by atoms with Gasteiger partial charge in [-0.25, -0.2) is 4.98 Å². The summed E-state index contributed by atoms with van der Waals surface area (Å²) >= 11 is 6.29. The Kier molecular flexibility index (Phi) is 9.07. The first-order chi connectivity index (χ1) is 18.0. The standard InChI is InChI=1S/C30H34ClN3O3/c1-21-19-23(20-22(2)29(21)31)37-18-17-34-26-13-8-7-12-25(26)33-28(34)15-5-4-10-16-32-30(35)24-11-6-9-14-27(24)36-3/h6-9,11-14,19-20H,4-5,10,15-18H2,1-3H3,(H,32,35). The van der Waals surface area contributed by atoms with Crippen LogP contribution < -0.4 is 14.8 Å². The summed E-state index contributed by atoms with van der Waals surface area (Å²) in [5, 5.41) is 3.78. The second-order valence-corrected chi connectivity index (χ2v) is 9.53. The minimum Gasteiger partial charge on any atom is -0.496 e. The molecule has 0 bridgehead atoms. The summed E-state index contributed by atoms with van der Waals surface area (Å²) in [7, 11) is 1.57. The molecule has 7 heteroatoms. The third-order valence-corrected chi connectivity index (χ3v) is 7.04. The van der Waals surface area contributed by atoms with Crippen LogP contribution in [-0.4, -0.2) is 35.7 Å². The highest BCUT2D eigenvalue weighted by atomic mass is 35.5. The minimum atomic E-state index is -0.106. The third kappa shape index (κ3) is 6.63. The lowest BCUT2D eigenvalue weighted by Crippen LogP contribution is -2.24. The molecule has 1 aromatic heterocycles. The number of aryl methyl sites for hydroxylation is 3. The van der Waals surface area contributed by atoms with Gasteiger partial charge in [-0.15, -0.1) is 0 Å². The second kappa shape index (κ2) is 12.6. The Morgan fingerprint density at radius 1 is 1.00 bits per heavy atom. The maximum absolute atomic E-state index is 12.5. The zero-order chi connectivity index (χ0) is 26.2. The lowest BCUT2D eigenvalue weighted by molar-refractivity contribution is 0.0950. The molecule has 0 aliphatic rings. The number of nitrogens with zero attached hydrogens (tertiary/aromatic N) is 2. The number of hydrogen-bond donors (Lipinski definition) is 1. The van der Waals surface area contributed by atoms with E-state index in [2.05, 4.69) is 22.0 Å². The molecule has 0 radical (unpaired) electrons. The van der Waals surface area contributed by atoms with Crippen molar-refractivity contribution in [3.05, 3.63) is 88.2 Å². The van der Waals surface area contributed by atoms with Crippen molar-refractivity contribution in [3.8, 4) is 11.5 Å². The van der Waals surface area contributed by atoms with E-state index >= 15 is 0 Å². The zero-order valence-electron chi connectivity index (χ0n) is 21.7. The number of imidazole rings is 1. The largest absolute Gasteiger partial charge is 0.496 e. The number of nitrogens with one attached hydrogen (secondary N) is 1. The summed E-state index contributed by atoms with van der Waals surface area (Å²) in [5.74, 6) is 2.38. The topological polar surface area (TPSA) is 65.4 Å². The second-order valence-electron chi connectivity index (χ2n) is 9.15. The quantitative estimate of drug-likeness (QED) is 0.216. The summed E-state index contributed by atoms with van der Waals surface area (Å²) in [5.41, 5.74) is 4.72. The van der Waals surface area contributed by atoms with Crippen LogP contribution in [0.1, 0.15) is 46.6 Å². The number of para-hydroxylation sites is 3. The van der Waals surface area contributed by atoms with Gasteiger partial charge >= 0.3 is 0 Å². The molecule has 4 aromatic rings. The van der Waals surface area contributed by atoms with Crippen LogP contribution in [0, 0.1) is 13.8 Å². The molecule has 1 N–H and O–H groups in total. The Labute approximate surface area is 223 Å². The first-order valence-electron chi connectivity index (χ1n) is 12.7. The number of amides is 1. The predicted octanol–water partition coefficient (Wildman–Crippen LogP) is 6.54. The Morgan fingerprint density at radius 3 is 2.51 bits per heavy atom. The highest BCUT2D eigenvalue weighted by Gasteiger charge is 2.12. The van der Waals surface area contributed by atoms with Gasteiger partial charge in [-0.05, 0) is 74.2 Å². The maximum atomic E-state index is 12.5. The molecule has 0 unspecified atom stereocenters. The number of aromatic nitrogens is 2. The van der Waals surface area contributed by atoms with Crippen LogP contribution in [0.25, 0.3) is 11.0 Å². The molecule has 4 rings (SSSR count). The number of carbonyl (C=O) groups is 1. The summed E-state index contributed by atoms with van der Waals surface area (Å²) in [6.07, 6.45) is 3.76. The van der Waals surface area contributed by atoms with Gasteiger partial charge in [0.15, 0.2) is 0 Å². The van der Waals surface area contributed by atoms with E-state index in [0.29, 0.717) is 31.0 Å². The third-order valence-electron chi connectivity index (χ3n) is 6.44. The Balaban J connectivity index is 1.29. The Morgan fingerprint density at radius 2 is 1.73 bits per heavy atom. The number of fused-ring (bicyclic) bond motifs is 1.